The molecular formula is C17H11Cl2FN4O. The van der Waals surface area contributed by atoms with Gasteiger partial charge in [0.15, 0.2) is 0 Å². The molecule has 5 nitrogen and oxygen atoms in total. The maximum Gasteiger partial charge on any atom is 0.258 e. The molecule has 0 bridgehead atoms. The van der Waals surface area contributed by atoms with Crippen molar-refractivity contribution in [1.82, 2.24) is 9.97 Å². The zero-order valence-corrected chi connectivity index (χ0v) is 14.1. The third-order valence-electron chi connectivity index (χ3n) is 3.17. The molecule has 3 aromatic rings. The van der Waals surface area contributed by atoms with E-state index < -0.39 is 11.7 Å². The van der Waals surface area contributed by atoms with E-state index in [4.69, 9.17) is 23.2 Å². The van der Waals surface area contributed by atoms with E-state index in [1.165, 1.54) is 30.6 Å². The Balaban J connectivity index is 1.71. The zero-order valence-electron chi connectivity index (χ0n) is 12.6. The maximum atomic E-state index is 13.1. The molecule has 2 aromatic carbocycles. The number of aromatic nitrogens is 2. The molecule has 0 aliphatic heterocycles. The van der Waals surface area contributed by atoms with E-state index in [1.54, 1.807) is 24.3 Å². The Hall–Kier alpha value is -2.70. The number of anilines is 3. The van der Waals surface area contributed by atoms with Crippen molar-refractivity contribution in [1.29, 1.82) is 0 Å². The maximum absolute atomic E-state index is 13.1. The highest BCUT2D eigenvalue weighted by Crippen LogP contribution is 2.27. The number of nitrogens with one attached hydrogen (secondary N) is 2. The highest BCUT2D eigenvalue weighted by atomic mass is 35.5. The lowest BCUT2D eigenvalue weighted by molar-refractivity contribution is 0.102. The van der Waals surface area contributed by atoms with E-state index in [1.807, 2.05) is 0 Å². The lowest BCUT2D eigenvalue weighted by Gasteiger charge is -2.08. The minimum Gasteiger partial charge on any atom is -0.323 e. The molecule has 0 unspecified atom stereocenters. The molecule has 0 atom stereocenters. The molecule has 126 valence electrons. The van der Waals surface area contributed by atoms with Gasteiger partial charge in [-0.05, 0) is 36.4 Å². The van der Waals surface area contributed by atoms with Crippen LogP contribution in [0.5, 0.6) is 0 Å². The molecule has 1 amide bonds. The van der Waals surface area contributed by atoms with E-state index >= 15 is 0 Å². The summed E-state index contributed by atoms with van der Waals surface area (Å²) in [5.74, 6) is -0.628. The van der Waals surface area contributed by atoms with Crippen LogP contribution in [0.1, 0.15) is 10.4 Å². The van der Waals surface area contributed by atoms with Gasteiger partial charge in [0.05, 0.1) is 16.3 Å². The van der Waals surface area contributed by atoms with Crippen molar-refractivity contribution in [2.24, 2.45) is 0 Å². The first-order chi connectivity index (χ1) is 12.0. The number of nitrogens with zero attached hydrogens (tertiary/aromatic N) is 2. The van der Waals surface area contributed by atoms with Crippen LogP contribution < -0.4 is 10.6 Å². The molecule has 0 fully saturated rings. The second-order valence-corrected chi connectivity index (χ2v) is 5.85. The summed E-state index contributed by atoms with van der Waals surface area (Å²) in [7, 11) is 0. The monoisotopic (exact) mass is 376 g/mol. The van der Waals surface area contributed by atoms with Gasteiger partial charge >= 0.3 is 0 Å². The summed E-state index contributed by atoms with van der Waals surface area (Å²) in [6.07, 6.45) is 2.70. The Labute approximate surface area is 152 Å². The minimum absolute atomic E-state index is 0.229. The first kappa shape index (κ1) is 17.1. The van der Waals surface area contributed by atoms with Crippen LogP contribution in [0.15, 0.2) is 54.9 Å². The van der Waals surface area contributed by atoms with Gasteiger partial charge in [0.1, 0.15) is 5.82 Å². The van der Waals surface area contributed by atoms with Crippen molar-refractivity contribution in [3.05, 3.63) is 76.3 Å². The van der Waals surface area contributed by atoms with Crippen LogP contribution in [-0.2, 0) is 0 Å². The van der Waals surface area contributed by atoms with Gasteiger partial charge in [-0.2, -0.15) is 0 Å². The fourth-order valence-corrected chi connectivity index (χ4v) is 2.33. The molecule has 3 rings (SSSR count). The first-order valence-electron chi connectivity index (χ1n) is 7.12. The molecule has 0 saturated heterocycles. The molecule has 25 heavy (non-hydrogen) atoms. The van der Waals surface area contributed by atoms with E-state index in [2.05, 4.69) is 20.6 Å². The number of carbonyl (C=O) groups excluding carboxylic acids is 1. The van der Waals surface area contributed by atoms with Gasteiger partial charge in [-0.3, -0.25) is 4.79 Å². The van der Waals surface area contributed by atoms with Crippen LogP contribution in [0.25, 0.3) is 0 Å². The van der Waals surface area contributed by atoms with Gasteiger partial charge in [0, 0.05) is 23.1 Å². The van der Waals surface area contributed by atoms with E-state index in [9.17, 15) is 9.18 Å². The molecule has 0 saturated carbocycles. The van der Waals surface area contributed by atoms with Gasteiger partial charge in [-0.25, -0.2) is 14.4 Å². The molecule has 1 aromatic heterocycles. The number of amides is 1. The summed E-state index contributed by atoms with van der Waals surface area (Å²) >= 11 is 12.0. The van der Waals surface area contributed by atoms with Crippen molar-refractivity contribution in [2.45, 2.75) is 0 Å². The number of carbonyl (C=O) groups is 1. The Kier molecular flexibility index (Phi) is 5.11. The fourth-order valence-electron chi connectivity index (χ4n) is 1.99. The van der Waals surface area contributed by atoms with Crippen LogP contribution in [0.2, 0.25) is 10.0 Å². The summed E-state index contributed by atoms with van der Waals surface area (Å²) in [5.41, 5.74) is 1.12. The van der Waals surface area contributed by atoms with Crippen molar-refractivity contribution in [3.8, 4) is 0 Å². The molecule has 0 aliphatic rings. The van der Waals surface area contributed by atoms with Crippen molar-refractivity contribution in [2.75, 3.05) is 10.6 Å². The second kappa shape index (κ2) is 7.46. The third-order valence-corrected chi connectivity index (χ3v) is 3.74. The van der Waals surface area contributed by atoms with Crippen LogP contribution >= 0.6 is 23.2 Å². The predicted octanol–water partition coefficient (Wildman–Crippen LogP) is 4.92. The highest BCUT2D eigenvalue weighted by molar-refractivity contribution is 6.35. The number of halogens is 3. The number of rotatable bonds is 4. The summed E-state index contributed by atoms with van der Waals surface area (Å²) in [4.78, 5) is 20.3. The molecule has 0 aliphatic carbocycles. The molecule has 8 heteroatoms. The predicted molar refractivity (Wildman–Crippen MR) is 96.1 cm³/mol. The smallest absolute Gasteiger partial charge is 0.258 e. The Bertz CT molecular complexity index is 919. The van der Waals surface area contributed by atoms with Gasteiger partial charge in [0.2, 0.25) is 5.95 Å². The minimum atomic E-state index is -0.446. The lowest BCUT2D eigenvalue weighted by atomic mass is 10.2. The highest BCUT2D eigenvalue weighted by Gasteiger charge is 2.09. The second-order valence-electron chi connectivity index (χ2n) is 5.01. The van der Waals surface area contributed by atoms with Crippen LogP contribution in [0.3, 0.4) is 0 Å². The van der Waals surface area contributed by atoms with Crippen molar-refractivity contribution >= 4 is 46.4 Å². The molecule has 1 heterocycles. The largest absolute Gasteiger partial charge is 0.323 e. The molecule has 2 N–H and O–H groups in total. The average molecular weight is 377 g/mol. The quantitative estimate of drug-likeness (QED) is 0.678. The molecular weight excluding hydrogens is 366 g/mol. The van der Waals surface area contributed by atoms with Gasteiger partial charge in [0.25, 0.3) is 5.91 Å². The Morgan fingerprint density at radius 3 is 2.52 bits per heavy atom. The topological polar surface area (TPSA) is 66.9 Å². The first-order valence-corrected chi connectivity index (χ1v) is 7.88. The molecule has 0 radical (unpaired) electrons. The Morgan fingerprint density at radius 1 is 1.04 bits per heavy atom. The summed E-state index contributed by atoms with van der Waals surface area (Å²) < 4.78 is 13.1. The summed E-state index contributed by atoms with van der Waals surface area (Å²) in [5, 5.41) is 6.45. The van der Waals surface area contributed by atoms with Crippen LogP contribution in [-0.4, -0.2) is 15.9 Å². The number of hydrogen-bond acceptors (Lipinski definition) is 4. The summed E-state index contributed by atoms with van der Waals surface area (Å²) in [6.45, 7) is 0. The van der Waals surface area contributed by atoms with Gasteiger partial charge in [-0.15, -0.1) is 0 Å². The Morgan fingerprint density at radius 2 is 1.80 bits per heavy atom. The third kappa shape index (κ3) is 4.43. The zero-order chi connectivity index (χ0) is 17.8. The molecule has 0 spiro atoms. The van der Waals surface area contributed by atoms with E-state index in [0.29, 0.717) is 21.4 Å². The fraction of sp³-hybridized carbons (Fsp3) is 0. The number of benzene rings is 2. The normalized spacial score (nSPS) is 10.4. The van der Waals surface area contributed by atoms with Crippen LogP contribution in [0, 0.1) is 5.82 Å². The summed E-state index contributed by atoms with van der Waals surface area (Å²) in [6, 6.07) is 10.5. The number of hydrogen-bond donors (Lipinski definition) is 2. The van der Waals surface area contributed by atoms with Crippen molar-refractivity contribution in [3.63, 3.8) is 0 Å². The SMILES string of the molecule is O=C(Nc1cccc(F)c1)c1cnc(Nc2cc(Cl)ccc2Cl)nc1. The van der Waals surface area contributed by atoms with Crippen LogP contribution in [0.4, 0.5) is 21.7 Å². The average Bonchev–Trinajstić information content (AvgIpc) is 2.59. The van der Waals surface area contributed by atoms with Gasteiger partial charge in [-0.1, -0.05) is 29.3 Å². The van der Waals surface area contributed by atoms with Gasteiger partial charge < -0.3 is 10.6 Å². The standard InChI is InChI=1S/C17H11Cl2FN4O/c18-11-4-5-14(19)15(6-11)24-17-21-8-10(9-22-17)16(25)23-13-3-1-2-12(20)7-13/h1-9H,(H,23,25)(H,21,22,24). The van der Waals surface area contributed by atoms with E-state index in [0.717, 1.165) is 0 Å². The lowest BCUT2D eigenvalue weighted by Crippen LogP contribution is -2.13. The van der Waals surface area contributed by atoms with E-state index in [-0.39, 0.29) is 11.5 Å². The van der Waals surface area contributed by atoms with Crippen molar-refractivity contribution < 1.29 is 9.18 Å².